The first-order valence-electron chi connectivity index (χ1n) is 3.90. The van der Waals surface area contributed by atoms with Gasteiger partial charge >= 0.3 is 0 Å². The normalized spacial score (nSPS) is 20.5. The molecule has 0 amide bonds. The maximum Gasteiger partial charge on any atom is 0.0639 e. The molecule has 2 N–H and O–H groups in total. The zero-order valence-electron chi connectivity index (χ0n) is 7.32. The standard InChI is InChI=1S/C7H16N2O.2ClH/c1-7(10)6-9-4-2-8-3-5-9;;/h7-8,10H,2-6H2,1H3;2*1H. The Bertz CT molecular complexity index is 97.4. The van der Waals surface area contributed by atoms with E-state index in [1.165, 1.54) is 0 Å². The van der Waals surface area contributed by atoms with Crippen LogP contribution < -0.4 is 5.32 Å². The van der Waals surface area contributed by atoms with Gasteiger partial charge < -0.3 is 10.4 Å². The Labute approximate surface area is 86.3 Å². The Balaban J connectivity index is 0. The van der Waals surface area contributed by atoms with Crippen molar-refractivity contribution >= 4 is 24.8 Å². The zero-order valence-corrected chi connectivity index (χ0v) is 8.96. The van der Waals surface area contributed by atoms with Crippen LogP contribution >= 0.6 is 24.8 Å². The third-order valence-corrected chi connectivity index (χ3v) is 1.73. The summed E-state index contributed by atoms with van der Waals surface area (Å²) in [4.78, 5) is 2.28. The second-order valence-electron chi connectivity index (χ2n) is 2.90. The second-order valence-corrected chi connectivity index (χ2v) is 2.90. The van der Waals surface area contributed by atoms with Crippen LogP contribution in [0.1, 0.15) is 6.92 Å². The van der Waals surface area contributed by atoms with Gasteiger partial charge in [0.05, 0.1) is 6.10 Å². The lowest BCUT2D eigenvalue weighted by atomic mass is 10.3. The summed E-state index contributed by atoms with van der Waals surface area (Å²) >= 11 is 0. The molecule has 0 aromatic heterocycles. The summed E-state index contributed by atoms with van der Waals surface area (Å²) in [7, 11) is 0. The Morgan fingerprint density at radius 3 is 2.25 bits per heavy atom. The Hall–Kier alpha value is 0.460. The van der Waals surface area contributed by atoms with Crippen molar-refractivity contribution < 1.29 is 5.11 Å². The maximum absolute atomic E-state index is 9.04. The predicted molar refractivity (Wildman–Crippen MR) is 55.5 cm³/mol. The van der Waals surface area contributed by atoms with E-state index in [2.05, 4.69) is 10.2 Å². The minimum absolute atomic E-state index is 0. The lowest BCUT2D eigenvalue weighted by Crippen LogP contribution is -2.45. The fourth-order valence-corrected chi connectivity index (χ4v) is 1.27. The van der Waals surface area contributed by atoms with Crippen molar-refractivity contribution in [2.24, 2.45) is 0 Å². The van der Waals surface area contributed by atoms with Crippen molar-refractivity contribution in [3.8, 4) is 0 Å². The molecule has 0 aliphatic carbocycles. The molecule has 1 aliphatic heterocycles. The lowest BCUT2D eigenvalue weighted by Gasteiger charge is -2.27. The number of nitrogens with one attached hydrogen (secondary N) is 1. The van der Waals surface area contributed by atoms with Crippen molar-refractivity contribution in [3.05, 3.63) is 0 Å². The van der Waals surface area contributed by atoms with E-state index in [9.17, 15) is 0 Å². The van der Waals surface area contributed by atoms with Gasteiger partial charge in [0.25, 0.3) is 0 Å². The molecule has 1 heterocycles. The summed E-state index contributed by atoms with van der Waals surface area (Å²) in [6.45, 7) is 6.93. The van der Waals surface area contributed by atoms with Crippen LogP contribution in [-0.4, -0.2) is 48.8 Å². The number of nitrogens with zero attached hydrogens (tertiary/aromatic N) is 1. The van der Waals surface area contributed by atoms with Crippen LogP contribution in [0.15, 0.2) is 0 Å². The molecule has 0 spiro atoms. The van der Waals surface area contributed by atoms with Crippen molar-refractivity contribution in [1.82, 2.24) is 10.2 Å². The van der Waals surface area contributed by atoms with Crippen LogP contribution in [0.4, 0.5) is 0 Å². The van der Waals surface area contributed by atoms with Crippen LogP contribution in [0.2, 0.25) is 0 Å². The van der Waals surface area contributed by atoms with Gasteiger partial charge in [-0.05, 0) is 6.92 Å². The molecule has 0 bridgehead atoms. The van der Waals surface area contributed by atoms with Gasteiger partial charge in [-0.25, -0.2) is 0 Å². The third-order valence-electron chi connectivity index (χ3n) is 1.73. The van der Waals surface area contributed by atoms with E-state index in [0.29, 0.717) is 0 Å². The van der Waals surface area contributed by atoms with Crippen molar-refractivity contribution in [2.75, 3.05) is 32.7 Å². The second kappa shape index (κ2) is 8.08. The van der Waals surface area contributed by atoms with Crippen molar-refractivity contribution in [1.29, 1.82) is 0 Å². The molecule has 3 nitrogen and oxygen atoms in total. The number of aliphatic hydroxyl groups is 1. The molecule has 1 atom stereocenters. The summed E-state index contributed by atoms with van der Waals surface area (Å²) in [6, 6.07) is 0. The van der Waals surface area contributed by atoms with Crippen LogP contribution in [-0.2, 0) is 0 Å². The quantitative estimate of drug-likeness (QED) is 0.689. The molecule has 1 rings (SSSR count). The fraction of sp³-hybridized carbons (Fsp3) is 1.00. The summed E-state index contributed by atoms with van der Waals surface area (Å²) in [5.74, 6) is 0. The molecule has 0 saturated carbocycles. The van der Waals surface area contributed by atoms with Gasteiger partial charge in [0.1, 0.15) is 0 Å². The van der Waals surface area contributed by atoms with Crippen LogP contribution in [0.5, 0.6) is 0 Å². The SMILES string of the molecule is CC(O)CN1CCNCC1.Cl.Cl. The van der Waals surface area contributed by atoms with Crippen LogP contribution in [0.3, 0.4) is 0 Å². The molecule has 1 saturated heterocycles. The van der Waals surface area contributed by atoms with Gasteiger partial charge in [0.15, 0.2) is 0 Å². The Kier molecular flexibility index (Phi) is 10.1. The molecule has 76 valence electrons. The van der Waals surface area contributed by atoms with E-state index in [-0.39, 0.29) is 30.9 Å². The van der Waals surface area contributed by atoms with Crippen LogP contribution in [0.25, 0.3) is 0 Å². The number of halogens is 2. The van der Waals surface area contributed by atoms with Gasteiger partial charge in [0.2, 0.25) is 0 Å². The highest BCUT2D eigenvalue weighted by atomic mass is 35.5. The number of β-amino-alcohol motifs (C(OH)–C–C–N with tert-alkyl or cyclic N) is 1. The lowest BCUT2D eigenvalue weighted by molar-refractivity contribution is 0.118. The smallest absolute Gasteiger partial charge is 0.0639 e. The van der Waals surface area contributed by atoms with E-state index < -0.39 is 0 Å². The third kappa shape index (κ3) is 6.03. The predicted octanol–water partition coefficient (Wildman–Crippen LogP) is 0.116. The monoisotopic (exact) mass is 216 g/mol. The number of rotatable bonds is 2. The van der Waals surface area contributed by atoms with E-state index in [1.54, 1.807) is 0 Å². The summed E-state index contributed by atoms with van der Waals surface area (Å²) in [6.07, 6.45) is -0.182. The first kappa shape index (κ1) is 15.0. The molecule has 0 aromatic carbocycles. The highest BCUT2D eigenvalue weighted by Crippen LogP contribution is 1.93. The molecule has 0 aromatic rings. The Morgan fingerprint density at radius 2 is 1.83 bits per heavy atom. The van der Waals surface area contributed by atoms with Crippen molar-refractivity contribution in [3.63, 3.8) is 0 Å². The van der Waals surface area contributed by atoms with E-state index in [0.717, 1.165) is 32.7 Å². The summed E-state index contributed by atoms with van der Waals surface area (Å²) in [5, 5.41) is 12.3. The minimum atomic E-state index is -0.182. The molecule has 1 fully saturated rings. The first-order valence-corrected chi connectivity index (χ1v) is 3.90. The largest absolute Gasteiger partial charge is 0.392 e. The average Bonchev–Trinajstić information content (AvgIpc) is 1.88. The molecule has 5 heteroatoms. The zero-order chi connectivity index (χ0) is 7.40. The molecule has 12 heavy (non-hydrogen) atoms. The number of piperazine rings is 1. The molecular formula is C7H18Cl2N2O. The van der Waals surface area contributed by atoms with Gasteiger partial charge in [-0.3, -0.25) is 4.90 Å². The number of hydrogen-bond donors (Lipinski definition) is 2. The minimum Gasteiger partial charge on any atom is -0.392 e. The van der Waals surface area contributed by atoms with E-state index in [1.807, 2.05) is 6.92 Å². The highest BCUT2D eigenvalue weighted by Gasteiger charge is 2.10. The topological polar surface area (TPSA) is 35.5 Å². The average molecular weight is 217 g/mol. The van der Waals surface area contributed by atoms with Crippen molar-refractivity contribution in [2.45, 2.75) is 13.0 Å². The maximum atomic E-state index is 9.04. The van der Waals surface area contributed by atoms with E-state index in [4.69, 9.17) is 5.11 Å². The Morgan fingerprint density at radius 1 is 1.33 bits per heavy atom. The molecule has 1 unspecified atom stereocenters. The summed E-state index contributed by atoms with van der Waals surface area (Å²) in [5.41, 5.74) is 0. The first-order chi connectivity index (χ1) is 4.79. The van der Waals surface area contributed by atoms with Gasteiger partial charge in [-0.1, -0.05) is 0 Å². The highest BCUT2D eigenvalue weighted by molar-refractivity contribution is 5.85. The van der Waals surface area contributed by atoms with Gasteiger partial charge in [0, 0.05) is 32.7 Å². The number of aliphatic hydroxyl groups excluding tert-OH is 1. The number of hydrogen-bond acceptors (Lipinski definition) is 3. The molecule has 1 aliphatic rings. The van der Waals surface area contributed by atoms with Crippen LogP contribution in [0, 0.1) is 0 Å². The summed E-state index contributed by atoms with van der Waals surface area (Å²) < 4.78 is 0. The van der Waals surface area contributed by atoms with Gasteiger partial charge in [-0.2, -0.15) is 0 Å². The fourth-order valence-electron chi connectivity index (χ4n) is 1.27. The van der Waals surface area contributed by atoms with Gasteiger partial charge in [-0.15, -0.1) is 24.8 Å². The van der Waals surface area contributed by atoms with E-state index >= 15 is 0 Å². The molecule has 0 radical (unpaired) electrons. The molecular weight excluding hydrogens is 199 g/mol.